The Bertz CT molecular complexity index is 671. The molecular weight excluding hydrogens is 314 g/mol. The summed E-state index contributed by atoms with van der Waals surface area (Å²) in [6.07, 6.45) is 0. The van der Waals surface area contributed by atoms with E-state index in [-0.39, 0.29) is 17.1 Å². The van der Waals surface area contributed by atoms with Gasteiger partial charge < -0.3 is 10.6 Å². The Morgan fingerprint density at radius 2 is 1.95 bits per heavy atom. The molecule has 1 amide bonds. The predicted octanol–water partition coefficient (Wildman–Crippen LogP) is 3.99. The molecule has 0 aliphatic carbocycles. The van der Waals surface area contributed by atoms with Crippen LogP contribution in [0.3, 0.4) is 0 Å². The highest BCUT2D eigenvalue weighted by atomic mass is 35.5. The molecule has 0 fully saturated rings. The van der Waals surface area contributed by atoms with Gasteiger partial charge in [0.05, 0.1) is 10.6 Å². The third kappa shape index (κ3) is 3.46. The van der Waals surface area contributed by atoms with E-state index >= 15 is 0 Å². The van der Waals surface area contributed by atoms with Crippen molar-refractivity contribution in [3.8, 4) is 0 Å². The quantitative estimate of drug-likeness (QED) is 0.867. The lowest BCUT2D eigenvalue weighted by molar-refractivity contribution is 0.0780. The topological polar surface area (TPSA) is 46.3 Å². The molecule has 0 aliphatic rings. The summed E-state index contributed by atoms with van der Waals surface area (Å²) in [5, 5.41) is 0.564. The van der Waals surface area contributed by atoms with E-state index < -0.39 is 11.7 Å². The number of hydrogen-bond donors (Lipinski definition) is 1. The van der Waals surface area contributed by atoms with Crippen LogP contribution in [0.15, 0.2) is 36.4 Å². The molecule has 0 atom stereocenters. The Kier molecular flexibility index (Phi) is 4.70. The predicted molar refractivity (Wildman–Crippen MR) is 83.1 cm³/mol. The number of rotatable bonds is 3. The number of hydrogen-bond acceptors (Lipinski definition) is 2. The summed E-state index contributed by atoms with van der Waals surface area (Å²) in [7, 11) is 1.55. The molecule has 0 aliphatic heterocycles. The second-order valence-corrected chi connectivity index (χ2v) is 5.42. The molecule has 0 saturated heterocycles. The lowest BCUT2D eigenvalue weighted by Gasteiger charge is -2.19. The molecule has 0 heterocycles. The zero-order valence-electron chi connectivity index (χ0n) is 11.2. The highest BCUT2D eigenvalue weighted by Crippen LogP contribution is 2.24. The van der Waals surface area contributed by atoms with Gasteiger partial charge in [-0.15, -0.1) is 0 Å². The second-order valence-electron chi connectivity index (χ2n) is 4.61. The molecule has 0 unspecified atom stereocenters. The lowest BCUT2D eigenvalue weighted by Crippen LogP contribution is -2.27. The van der Waals surface area contributed by atoms with Crippen LogP contribution in [-0.4, -0.2) is 17.9 Å². The molecule has 2 aromatic rings. The largest absolute Gasteiger partial charge is 0.399 e. The van der Waals surface area contributed by atoms with E-state index in [0.717, 1.165) is 0 Å². The number of nitrogen functional groups attached to an aromatic ring is 1. The Labute approximate surface area is 132 Å². The molecule has 0 saturated carbocycles. The number of amides is 1. The monoisotopic (exact) mass is 326 g/mol. The van der Waals surface area contributed by atoms with Crippen LogP contribution < -0.4 is 5.73 Å². The Morgan fingerprint density at radius 1 is 1.24 bits per heavy atom. The molecule has 0 spiro atoms. The van der Waals surface area contributed by atoms with Gasteiger partial charge in [0, 0.05) is 24.3 Å². The van der Waals surface area contributed by atoms with Gasteiger partial charge in [0.25, 0.3) is 5.91 Å². The minimum atomic E-state index is -0.655. The van der Waals surface area contributed by atoms with Crippen LogP contribution in [0.25, 0.3) is 0 Å². The van der Waals surface area contributed by atoms with E-state index in [4.69, 9.17) is 28.9 Å². The smallest absolute Gasteiger partial charge is 0.258 e. The van der Waals surface area contributed by atoms with Crippen molar-refractivity contribution in [2.45, 2.75) is 6.54 Å². The fourth-order valence-electron chi connectivity index (χ4n) is 1.94. The van der Waals surface area contributed by atoms with Crippen molar-refractivity contribution in [2.24, 2.45) is 0 Å². The van der Waals surface area contributed by atoms with E-state index in [0.29, 0.717) is 16.3 Å². The minimum Gasteiger partial charge on any atom is -0.399 e. The van der Waals surface area contributed by atoms with E-state index in [1.807, 2.05) is 0 Å². The molecule has 110 valence electrons. The average Bonchev–Trinajstić information content (AvgIpc) is 2.42. The Morgan fingerprint density at radius 3 is 2.62 bits per heavy atom. The molecule has 2 aromatic carbocycles. The van der Waals surface area contributed by atoms with Crippen LogP contribution in [0.2, 0.25) is 10.0 Å². The van der Waals surface area contributed by atoms with Gasteiger partial charge >= 0.3 is 0 Å². The highest BCUT2D eigenvalue weighted by molar-refractivity contribution is 6.34. The van der Waals surface area contributed by atoms with E-state index in [2.05, 4.69) is 0 Å². The minimum absolute atomic E-state index is 0.0746. The lowest BCUT2D eigenvalue weighted by atomic mass is 10.1. The maximum Gasteiger partial charge on any atom is 0.258 e. The van der Waals surface area contributed by atoms with Gasteiger partial charge in [-0.2, -0.15) is 0 Å². The molecule has 0 bridgehead atoms. The number of anilines is 1. The van der Waals surface area contributed by atoms with Gasteiger partial charge in [0.1, 0.15) is 5.82 Å². The Balaban J connectivity index is 2.26. The maximum atomic E-state index is 13.8. The fraction of sp³-hybridized carbons (Fsp3) is 0.133. The second kappa shape index (κ2) is 6.33. The first kappa shape index (κ1) is 15.6. The van der Waals surface area contributed by atoms with E-state index in [1.165, 1.54) is 23.1 Å². The summed E-state index contributed by atoms with van der Waals surface area (Å²) in [5.74, 6) is -1.17. The molecular formula is C15H13Cl2FN2O. The van der Waals surface area contributed by atoms with Gasteiger partial charge in [-0.05, 0) is 35.9 Å². The first-order valence-corrected chi connectivity index (χ1v) is 6.89. The van der Waals surface area contributed by atoms with E-state index in [1.54, 1.807) is 25.2 Å². The zero-order chi connectivity index (χ0) is 15.6. The molecule has 3 nitrogen and oxygen atoms in total. The van der Waals surface area contributed by atoms with Gasteiger partial charge in [-0.3, -0.25) is 4.79 Å². The Hall–Kier alpha value is -1.78. The van der Waals surface area contributed by atoms with Gasteiger partial charge in [-0.1, -0.05) is 29.3 Å². The summed E-state index contributed by atoms with van der Waals surface area (Å²) < 4.78 is 13.8. The van der Waals surface area contributed by atoms with Crippen molar-refractivity contribution in [2.75, 3.05) is 12.8 Å². The van der Waals surface area contributed by atoms with Crippen LogP contribution >= 0.6 is 23.2 Å². The number of carbonyl (C=O) groups excluding carboxylic acids is 1. The van der Waals surface area contributed by atoms with Crippen LogP contribution in [0.5, 0.6) is 0 Å². The van der Waals surface area contributed by atoms with Crippen LogP contribution in [0.4, 0.5) is 10.1 Å². The molecule has 2 rings (SSSR count). The SMILES string of the molecule is CN(Cc1cc(N)ccc1Cl)C(=O)c1c(F)cccc1Cl. The third-order valence-corrected chi connectivity index (χ3v) is 3.68. The molecule has 6 heteroatoms. The van der Waals surface area contributed by atoms with E-state index in [9.17, 15) is 9.18 Å². The molecule has 2 N–H and O–H groups in total. The molecule has 0 aromatic heterocycles. The van der Waals surface area contributed by atoms with Crippen molar-refractivity contribution in [3.63, 3.8) is 0 Å². The van der Waals surface area contributed by atoms with Gasteiger partial charge in [-0.25, -0.2) is 4.39 Å². The number of nitrogens with zero attached hydrogens (tertiary/aromatic N) is 1. The summed E-state index contributed by atoms with van der Waals surface area (Å²) in [5.41, 5.74) is 6.77. The van der Waals surface area contributed by atoms with Crippen LogP contribution in [-0.2, 0) is 6.54 Å². The first-order valence-electron chi connectivity index (χ1n) is 6.13. The molecule has 21 heavy (non-hydrogen) atoms. The fourth-order valence-corrected chi connectivity index (χ4v) is 2.36. The summed E-state index contributed by atoms with van der Waals surface area (Å²) in [6.45, 7) is 0.202. The number of carbonyl (C=O) groups is 1. The standard InChI is InChI=1S/C15H13Cl2FN2O/c1-20(8-9-7-10(19)5-6-11(9)16)15(21)14-12(17)3-2-4-13(14)18/h2-7H,8,19H2,1H3. The van der Waals surface area contributed by atoms with Crippen molar-refractivity contribution < 1.29 is 9.18 Å². The maximum absolute atomic E-state index is 13.8. The highest BCUT2D eigenvalue weighted by Gasteiger charge is 2.20. The third-order valence-electron chi connectivity index (χ3n) is 3.00. The molecule has 0 radical (unpaired) electrons. The average molecular weight is 327 g/mol. The van der Waals surface area contributed by atoms with Gasteiger partial charge in [0.15, 0.2) is 0 Å². The van der Waals surface area contributed by atoms with Gasteiger partial charge in [0.2, 0.25) is 0 Å². The summed E-state index contributed by atoms with van der Waals surface area (Å²) in [4.78, 5) is 13.7. The van der Waals surface area contributed by atoms with Crippen molar-refractivity contribution >= 4 is 34.8 Å². The number of halogens is 3. The number of nitrogens with two attached hydrogens (primary N) is 1. The van der Waals surface area contributed by atoms with Crippen molar-refractivity contribution in [1.82, 2.24) is 4.90 Å². The van der Waals surface area contributed by atoms with Crippen molar-refractivity contribution in [1.29, 1.82) is 0 Å². The van der Waals surface area contributed by atoms with Crippen LogP contribution in [0.1, 0.15) is 15.9 Å². The van der Waals surface area contributed by atoms with Crippen LogP contribution in [0, 0.1) is 5.82 Å². The van der Waals surface area contributed by atoms with Crippen molar-refractivity contribution in [3.05, 3.63) is 63.4 Å². The summed E-state index contributed by atoms with van der Waals surface area (Å²) in [6, 6.07) is 9.11. The number of benzene rings is 2. The summed E-state index contributed by atoms with van der Waals surface area (Å²) >= 11 is 12.0. The first-order chi connectivity index (χ1) is 9.90. The zero-order valence-corrected chi connectivity index (χ0v) is 12.7. The normalized spacial score (nSPS) is 10.5.